The van der Waals surface area contributed by atoms with Crippen molar-refractivity contribution < 1.29 is 24.5 Å². The Kier molecular flexibility index (Phi) is 17.1. The molecule has 0 saturated carbocycles. The second-order valence-corrected chi connectivity index (χ2v) is 12.6. The fourth-order valence-electron chi connectivity index (χ4n) is 5.07. The minimum atomic E-state index is -0.913. The second kappa shape index (κ2) is 19.0. The molecule has 0 spiro atoms. The van der Waals surface area contributed by atoms with Crippen LogP contribution in [0.3, 0.4) is 0 Å². The molecular weight excluding hydrogens is 524 g/mol. The predicted molar refractivity (Wildman–Crippen MR) is 176 cm³/mol. The van der Waals surface area contributed by atoms with Crippen LogP contribution >= 0.6 is 0 Å². The normalized spacial score (nSPS) is 14.4. The maximum Gasteiger partial charge on any atom is 0.311 e. The number of hydrogen-bond acceptors (Lipinski definition) is 5. The van der Waals surface area contributed by atoms with Gasteiger partial charge in [-0.1, -0.05) is 55.2 Å². The molecule has 2 N–H and O–H groups in total. The van der Waals surface area contributed by atoms with Gasteiger partial charge in [-0.25, -0.2) is 0 Å². The smallest absolute Gasteiger partial charge is 0.311 e. The highest BCUT2D eigenvalue weighted by atomic mass is 16.6. The van der Waals surface area contributed by atoms with Crippen molar-refractivity contribution in [3.8, 4) is 11.5 Å². The largest absolute Gasteiger partial charge is 0.465 e. The molecule has 0 saturated heterocycles. The first-order valence-corrected chi connectivity index (χ1v) is 16.1. The molecule has 1 aromatic rings. The molecule has 0 fully saturated rings. The molecule has 238 valence electrons. The third kappa shape index (κ3) is 13.7. The number of rotatable bonds is 19. The average molecular weight is 585 g/mol. The highest BCUT2D eigenvalue weighted by Gasteiger charge is 2.26. The minimum Gasteiger partial charge on any atom is -0.465 e. The van der Waals surface area contributed by atoms with Crippen LogP contribution in [0.5, 0.6) is 11.5 Å². The molecule has 2 atom stereocenters. The van der Waals surface area contributed by atoms with Crippen LogP contribution in [0.1, 0.15) is 141 Å². The van der Waals surface area contributed by atoms with E-state index >= 15 is 0 Å². The molecule has 2 unspecified atom stereocenters. The summed E-state index contributed by atoms with van der Waals surface area (Å²) in [6, 6.07) is 0. The van der Waals surface area contributed by atoms with Crippen molar-refractivity contribution in [3.63, 3.8) is 0 Å². The Bertz CT molecular complexity index is 1090. The Morgan fingerprint density at radius 3 is 1.95 bits per heavy atom. The Morgan fingerprint density at radius 2 is 1.38 bits per heavy atom. The van der Waals surface area contributed by atoms with Gasteiger partial charge in [0.15, 0.2) is 6.29 Å². The molecule has 0 radical (unpaired) electrons. The van der Waals surface area contributed by atoms with Crippen molar-refractivity contribution in [1.29, 1.82) is 0 Å². The van der Waals surface area contributed by atoms with Crippen LogP contribution in [0.2, 0.25) is 0 Å². The quantitative estimate of drug-likeness (QED) is 0.0732. The van der Waals surface area contributed by atoms with Crippen LogP contribution in [0.4, 0.5) is 0 Å². The van der Waals surface area contributed by atoms with E-state index in [9.17, 15) is 15.0 Å². The number of esters is 1. The van der Waals surface area contributed by atoms with Gasteiger partial charge >= 0.3 is 5.97 Å². The Balaban J connectivity index is 2.96. The molecule has 5 nitrogen and oxygen atoms in total. The molecule has 0 aliphatic carbocycles. The zero-order chi connectivity index (χ0) is 31.9. The van der Waals surface area contributed by atoms with Crippen molar-refractivity contribution in [2.75, 3.05) is 0 Å². The fourth-order valence-corrected chi connectivity index (χ4v) is 5.07. The number of allylic oxidation sites excluding steroid dienone is 6. The first-order valence-electron chi connectivity index (χ1n) is 16.1. The molecule has 0 aromatic heterocycles. The third-order valence-electron chi connectivity index (χ3n) is 7.98. The van der Waals surface area contributed by atoms with Crippen LogP contribution in [-0.2, 0) is 11.2 Å². The summed E-state index contributed by atoms with van der Waals surface area (Å²) in [6.45, 7) is 20.3. The van der Waals surface area contributed by atoms with Crippen molar-refractivity contribution in [2.24, 2.45) is 0 Å². The maximum absolute atomic E-state index is 12.4. The van der Waals surface area contributed by atoms with E-state index < -0.39 is 11.9 Å². The minimum absolute atomic E-state index is 0.253. The van der Waals surface area contributed by atoms with E-state index in [2.05, 4.69) is 45.9 Å². The predicted octanol–water partition coefficient (Wildman–Crippen LogP) is 9.70. The number of aliphatic hydroxyl groups is 2. The van der Waals surface area contributed by atoms with E-state index in [1.807, 2.05) is 41.5 Å². The van der Waals surface area contributed by atoms with E-state index in [-0.39, 0.29) is 5.97 Å². The van der Waals surface area contributed by atoms with Gasteiger partial charge in [-0.2, -0.15) is 0 Å². The summed E-state index contributed by atoms with van der Waals surface area (Å²) in [5.74, 6) is 0.951. The lowest BCUT2D eigenvalue weighted by molar-refractivity contribution is -0.134. The van der Waals surface area contributed by atoms with Crippen molar-refractivity contribution in [1.82, 2.24) is 0 Å². The summed E-state index contributed by atoms with van der Waals surface area (Å²) in [5.41, 5.74) is 6.69. The SMILES string of the molecule is CCCC(=O)Oc1c(C)c(C)c(OC(O)CCC)c(CCC(C)(O)CC/C=C(\C)CC/C=C(\C)CCC=C(C)C)c1C. The van der Waals surface area contributed by atoms with Gasteiger partial charge in [0.2, 0.25) is 0 Å². The third-order valence-corrected chi connectivity index (χ3v) is 7.98. The Hall–Kier alpha value is -2.37. The summed E-state index contributed by atoms with van der Waals surface area (Å²) in [7, 11) is 0. The van der Waals surface area contributed by atoms with Crippen LogP contribution < -0.4 is 9.47 Å². The fraction of sp³-hybridized carbons (Fsp3) is 0.649. The lowest BCUT2D eigenvalue weighted by Gasteiger charge is -2.27. The topological polar surface area (TPSA) is 76.0 Å². The molecular formula is C37H60O5. The van der Waals surface area contributed by atoms with E-state index in [0.29, 0.717) is 43.6 Å². The van der Waals surface area contributed by atoms with Crippen LogP contribution in [-0.4, -0.2) is 28.1 Å². The molecule has 0 aliphatic rings. The van der Waals surface area contributed by atoms with Crippen LogP contribution in [0.15, 0.2) is 34.9 Å². The second-order valence-electron chi connectivity index (χ2n) is 12.6. The Labute approximate surface area is 257 Å². The maximum atomic E-state index is 12.4. The number of benzene rings is 1. The molecule has 0 bridgehead atoms. The highest BCUT2D eigenvalue weighted by Crippen LogP contribution is 2.40. The van der Waals surface area contributed by atoms with Gasteiger partial charge in [-0.3, -0.25) is 4.79 Å². The lowest BCUT2D eigenvalue weighted by Crippen LogP contribution is -2.25. The number of hydrogen-bond donors (Lipinski definition) is 2. The standard InChI is InChI=1S/C37H60O5/c1-11-16-33(38)41-35-29(7)30(8)36(42-34(39)17-12-2)32(31(35)9)23-25-37(10,40)24-15-22-28(6)21-14-20-27(5)19-13-18-26(3)4/h18,20,22,34,39-40H,11-17,19,21,23-25H2,1-10H3/b27-20+,28-22+. The molecule has 1 rings (SSSR count). The summed E-state index contributed by atoms with van der Waals surface area (Å²) in [5, 5.41) is 21.8. The van der Waals surface area contributed by atoms with Crippen LogP contribution in [0, 0.1) is 20.8 Å². The summed E-state index contributed by atoms with van der Waals surface area (Å²) in [6.07, 6.45) is 15.2. The molecule has 0 amide bonds. The summed E-state index contributed by atoms with van der Waals surface area (Å²) >= 11 is 0. The van der Waals surface area contributed by atoms with Crippen LogP contribution in [0.25, 0.3) is 0 Å². The van der Waals surface area contributed by atoms with Gasteiger partial charge in [-0.05, 0) is 130 Å². The zero-order valence-electron chi connectivity index (χ0n) is 28.4. The van der Waals surface area contributed by atoms with Gasteiger partial charge in [-0.15, -0.1) is 0 Å². The molecule has 0 heterocycles. The highest BCUT2D eigenvalue weighted by molar-refractivity contribution is 5.74. The Morgan fingerprint density at radius 1 is 0.810 bits per heavy atom. The summed E-state index contributed by atoms with van der Waals surface area (Å²) < 4.78 is 11.9. The first-order chi connectivity index (χ1) is 19.7. The molecule has 1 aromatic carbocycles. The van der Waals surface area contributed by atoms with Crippen molar-refractivity contribution in [3.05, 3.63) is 57.2 Å². The van der Waals surface area contributed by atoms with Crippen molar-refractivity contribution >= 4 is 5.97 Å². The van der Waals surface area contributed by atoms with Gasteiger partial charge < -0.3 is 19.7 Å². The number of aliphatic hydroxyl groups excluding tert-OH is 1. The van der Waals surface area contributed by atoms with Gasteiger partial charge in [0.25, 0.3) is 0 Å². The van der Waals surface area contributed by atoms with Gasteiger partial charge in [0.05, 0.1) is 5.60 Å². The van der Waals surface area contributed by atoms with Gasteiger partial charge in [0.1, 0.15) is 11.5 Å². The van der Waals surface area contributed by atoms with E-state index in [1.54, 1.807) is 0 Å². The van der Waals surface area contributed by atoms with E-state index in [1.165, 1.54) is 16.7 Å². The lowest BCUT2D eigenvalue weighted by atomic mass is 9.88. The number of ether oxygens (including phenoxy) is 2. The molecule has 42 heavy (non-hydrogen) atoms. The monoisotopic (exact) mass is 584 g/mol. The number of carbonyl (C=O) groups excluding carboxylic acids is 1. The van der Waals surface area contributed by atoms with E-state index in [0.717, 1.165) is 67.2 Å². The first kappa shape index (κ1) is 37.7. The summed E-state index contributed by atoms with van der Waals surface area (Å²) in [4.78, 5) is 12.4. The van der Waals surface area contributed by atoms with Crippen molar-refractivity contribution in [2.45, 2.75) is 158 Å². The van der Waals surface area contributed by atoms with E-state index in [4.69, 9.17) is 9.47 Å². The number of carbonyl (C=O) groups is 1. The zero-order valence-corrected chi connectivity index (χ0v) is 28.4. The van der Waals surface area contributed by atoms with Gasteiger partial charge in [0, 0.05) is 18.4 Å². The average Bonchev–Trinajstić information content (AvgIpc) is 2.89. The molecule has 0 aliphatic heterocycles. The molecule has 5 heteroatoms.